The first-order valence-corrected chi connectivity index (χ1v) is 5.87. The molecule has 0 aliphatic carbocycles. The van der Waals surface area contributed by atoms with E-state index in [1.54, 1.807) is 0 Å². The van der Waals surface area contributed by atoms with Crippen LogP contribution >= 0.6 is 11.6 Å². The van der Waals surface area contributed by atoms with E-state index in [1.807, 2.05) is 6.07 Å². The number of piperazine rings is 1. The summed E-state index contributed by atoms with van der Waals surface area (Å²) in [6.07, 6.45) is 0. The Morgan fingerprint density at radius 1 is 1.61 bits per heavy atom. The molecule has 0 aromatic heterocycles. The molecule has 0 radical (unpaired) electrons. The van der Waals surface area contributed by atoms with Gasteiger partial charge in [0.15, 0.2) is 0 Å². The summed E-state index contributed by atoms with van der Waals surface area (Å²) in [4.78, 5) is 13.5. The van der Waals surface area contributed by atoms with E-state index in [0.29, 0.717) is 19.6 Å². The Kier molecular flexibility index (Phi) is 3.80. The van der Waals surface area contributed by atoms with E-state index in [2.05, 4.69) is 5.32 Å². The maximum Gasteiger partial charge on any atom is 0.257 e. The van der Waals surface area contributed by atoms with Crippen molar-refractivity contribution in [3.8, 4) is 6.07 Å². The van der Waals surface area contributed by atoms with Crippen LogP contribution in [-0.2, 0) is 0 Å². The molecule has 1 aliphatic heterocycles. The SMILES string of the molecule is N#CC1CNCCN1C(=O)c1ccc(Cl)cc1F. The maximum atomic E-state index is 13.7. The molecule has 1 N–H and O–H groups in total. The first-order chi connectivity index (χ1) is 8.63. The van der Waals surface area contributed by atoms with Gasteiger partial charge >= 0.3 is 0 Å². The molecule has 94 valence electrons. The molecule has 1 saturated heterocycles. The van der Waals surface area contributed by atoms with Crippen LogP contribution in [0.2, 0.25) is 5.02 Å². The van der Waals surface area contributed by atoms with Gasteiger partial charge in [-0.2, -0.15) is 5.26 Å². The number of rotatable bonds is 1. The van der Waals surface area contributed by atoms with Gasteiger partial charge in [-0.25, -0.2) is 4.39 Å². The standard InChI is InChI=1S/C12H11ClFN3O/c13-8-1-2-10(11(14)5-8)12(18)17-4-3-16-7-9(17)6-15/h1-2,5,9,16H,3-4,7H2. The maximum absolute atomic E-state index is 13.7. The van der Waals surface area contributed by atoms with E-state index in [-0.39, 0.29) is 10.6 Å². The second-order valence-corrected chi connectivity index (χ2v) is 4.41. The quantitative estimate of drug-likeness (QED) is 0.837. The minimum Gasteiger partial charge on any atom is -0.320 e. The molecule has 6 heteroatoms. The lowest BCUT2D eigenvalue weighted by Crippen LogP contribution is -2.53. The fourth-order valence-electron chi connectivity index (χ4n) is 1.88. The zero-order valence-corrected chi connectivity index (χ0v) is 10.2. The van der Waals surface area contributed by atoms with Gasteiger partial charge in [-0.15, -0.1) is 0 Å². The number of carbonyl (C=O) groups excluding carboxylic acids is 1. The molecule has 0 spiro atoms. The van der Waals surface area contributed by atoms with Crippen molar-refractivity contribution in [2.45, 2.75) is 6.04 Å². The molecule has 1 atom stereocenters. The second-order valence-electron chi connectivity index (χ2n) is 3.97. The topological polar surface area (TPSA) is 56.1 Å². The van der Waals surface area contributed by atoms with Crippen LogP contribution in [0.15, 0.2) is 18.2 Å². The number of halogens is 2. The molecule has 1 unspecified atom stereocenters. The molecule has 1 amide bonds. The van der Waals surface area contributed by atoms with Gasteiger partial charge in [-0.3, -0.25) is 4.79 Å². The number of hydrogen-bond donors (Lipinski definition) is 1. The summed E-state index contributed by atoms with van der Waals surface area (Å²) in [6.45, 7) is 1.38. The first kappa shape index (κ1) is 12.8. The summed E-state index contributed by atoms with van der Waals surface area (Å²) in [5.41, 5.74) is -0.0541. The highest BCUT2D eigenvalue weighted by molar-refractivity contribution is 6.30. The Labute approximate surface area is 109 Å². The molecule has 1 fully saturated rings. The largest absolute Gasteiger partial charge is 0.320 e. The molecule has 1 aromatic rings. The van der Waals surface area contributed by atoms with Crippen LogP contribution in [0.1, 0.15) is 10.4 Å². The highest BCUT2D eigenvalue weighted by Gasteiger charge is 2.28. The van der Waals surface area contributed by atoms with Crippen LogP contribution in [-0.4, -0.2) is 36.5 Å². The van der Waals surface area contributed by atoms with E-state index in [4.69, 9.17) is 16.9 Å². The molecule has 4 nitrogen and oxygen atoms in total. The summed E-state index contributed by atoms with van der Waals surface area (Å²) in [5.74, 6) is -1.14. The van der Waals surface area contributed by atoms with Crippen molar-refractivity contribution in [2.75, 3.05) is 19.6 Å². The van der Waals surface area contributed by atoms with Gasteiger partial charge in [0.2, 0.25) is 0 Å². The van der Waals surface area contributed by atoms with Crippen LogP contribution < -0.4 is 5.32 Å². The van der Waals surface area contributed by atoms with Crippen LogP contribution in [0.4, 0.5) is 4.39 Å². The summed E-state index contributed by atoms with van der Waals surface area (Å²) < 4.78 is 13.7. The second kappa shape index (κ2) is 5.34. The third-order valence-electron chi connectivity index (χ3n) is 2.81. The fraction of sp³-hybridized carbons (Fsp3) is 0.333. The van der Waals surface area contributed by atoms with E-state index >= 15 is 0 Å². The molecule has 1 aromatic carbocycles. The number of hydrogen-bond acceptors (Lipinski definition) is 3. The summed E-state index contributed by atoms with van der Waals surface area (Å²) in [5, 5.41) is 12.2. The van der Waals surface area contributed by atoms with E-state index in [9.17, 15) is 9.18 Å². The number of benzene rings is 1. The Bertz CT molecular complexity index is 515. The number of nitrogens with zero attached hydrogens (tertiary/aromatic N) is 2. The fourth-order valence-corrected chi connectivity index (χ4v) is 2.04. The normalized spacial score (nSPS) is 19.4. The van der Waals surface area contributed by atoms with Crippen LogP contribution in [0.3, 0.4) is 0 Å². The van der Waals surface area contributed by atoms with Crippen molar-refractivity contribution in [2.24, 2.45) is 0 Å². The molecule has 18 heavy (non-hydrogen) atoms. The number of amides is 1. The monoisotopic (exact) mass is 267 g/mol. The Morgan fingerprint density at radius 3 is 3.06 bits per heavy atom. The van der Waals surface area contributed by atoms with Crippen LogP contribution in [0.5, 0.6) is 0 Å². The van der Waals surface area contributed by atoms with Gasteiger partial charge in [0.1, 0.15) is 11.9 Å². The van der Waals surface area contributed by atoms with Gasteiger partial charge in [-0.05, 0) is 18.2 Å². The van der Waals surface area contributed by atoms with Gasteiger partial charge in [-0.1, -0.05) is 11.6 Å². The summed E-state index contributed by atoms with van der Waals surface area (Å²) in [6, 6.07) is 5.36. The van der Waals surface area contributed by atoms with Gasteiger partial charge < -0.3 is 10.2 Å². The highest BCUT2D eigenvalue weighted by atomic mass is 35.5. The van der Waals surface area contributed by atoms with Crippen molar-refractivity contribution < 1.29 is 9.18 Å². The lowest BCUT2D eigenvalue weighted by Gasteiger charge is -2.32. The molecule has 1 aliphatic rings. The minimum atomic E-state index is -0.664. The lowest BCUT2D eigenvalue weighted by atomic mass is 10.1. The van der Waals surface area contributed by atoms with Gasteiger partial charge in [0, 0.05) is 24.7 Å². The van der Waals surface area contributed by atoms with Gasteiger partial charge in [0.25, 0.3) is 5.91 Å². The smallest absolute Gasteiger partial charge is 0.257 e. The minimum absolute atomic E-state index is 0.0541. The van der Waals surface area contributed by atoms with E-state index in [1.165, 1.54) is 17.0 Å². The zero-order valence-electron chi connectivity index (χ0n) is 9.49. The highest BCUT2D eigenvalue weighted by Crippen LogP contribution is 2.17. The molecule has 0 saturated carbocycles. The van der Waals surface area contributed by atoms with Crippen molar-refractivity contribution in [3.05, 3.63) is 34.6 Å². The predicted molar refractivity (Wildman–Crippen MR) is 64.7 cm³/mol. The first-order valence-electron chi connectivity index (χ1n) is 5.50. The predicted octanol–water partition coefficient (Wildman–Crippen LogP) is 1.42. The van der Waals surface area contributed by atoms with Crippen molar-refractivity contribution in [3.63, 3.8) is 0 Å². The number of nitriles is 1. The Hall–Kier alpha value is -1.64. The van der Waals surface area contributed by atoms with E-state index < -0.39 is 17.8 Å². The van der Waals surface area contributed by atoms with Crippen molar-refractivity contribution in [1.82, 2.24) is 10.2 Å². The third-order valence-corrected chi connectivity index (χ3v) is 3.05. The van der Waals surface area contributed by atoms with Gasteiger partial charge in [0.05, 0.1) is 11.6 Å². The molecular weight excluding hydrogens is 257 g/mol. The molecule has 0 bridgehead atoms. The Morgan fingerprint density at radius 2 is 2.39 bits per heavy atom. The average Bonchev–Trinajstić information content (AvgIpc) is 2.38. The number of carbonyl (C=O) groups is 1. The lowest BCUT2D eigenvalue weighted by molar-refractivity contribution is 0.0682. The Balaban J connectivity index is 2.27. The molecule has 2 rings (SSSR count). The molecule has 1 heterocycles. The zero-order chi connectivity index (χ0) is 13.1. The summed E-state index contributed by atoms with van der Waals surface area (Å²) in [7, 11) is 0. The average molecular weight is 268 g/mol. The molecular formula is C12H11ClFN3O. The number of nitrogens with one attached hydrogen (secondary N) is 1. The van der Waals surface area contributed by atoms with Crippen molar-refractivity contribution in [1.29, 1.82) is 5.26 Å². The van der Waals surface area contributed by atoms with Crippen molar-refractivity contribution >= 4 is 17.5 Å². The van der Waals surface area contributed by atoms with E-state index in [0.717, 1.165) is 6.07 Å². The summed E-state index contributed by atoms with van der Waals surface area (Å²) >= 11 is 5.64. The van der Waals surface area contributed by atoms with Crippen LogP contribution in [0.25, 0.3) is 0 Å². The van der Waals surface area contributed by atoms with Crippen LogP contribution in [0, 0.1) is 17.1 Å². The third kappa shape index (κ3) is 2.45.